The van der Waals surface area contributed by atoms with Gasteiger partial charge in [-0.05, 0) is 42.3 Å². The summed E-state index contributed by atoms with van der Waals surface area (Å²) in [7, 11) is 0. The van der Waals surface area contributed by atoms with Crippen LogP contribution in [-0.4, -0.2) is 47.0 Å². The van der Waals surface area contributed by atoms with E-state index in [0.29, 0.717) is 36.7 Å². The van der Waals surface area contributed by atoms with Crippen molar-refractivity contribution < 1.29 is 14.3 Å². The van der Waals surface area contributed by atoms with E-state index >= 15 is 0 Å². The van der Waals surface area contributed by atoms with Crippen molar-refractivity contribution in [2.24, 2.45) is 4.99 Å². The Hall–Kier alpha value is -4.07. The number of aliphatic imine (C=N–C) groups is 1. The van der Waals surface area contributed by atoms with Gasteiger partial charge in [0.25, 0.3) is 5.91 Å². The van der Waals surface area contributed by atoms with Crippen LogP contribution in [-0.2, 0) is 6.54 Å². The van der Waals surface area contributed by atoms with Crippen LogP contribution in [0.3, 0.4) is 0 Å². The van der Waals surface area contributed by atoms with E-state index in [4.69, 9.17) is 14.5 Å². The van der Waals surface area contributed by atoms with E-state index < -0.39 is 5.54 Å². The standard InChI is InChI=1S/C25H23N5O3/c31-23(18-8-9-20-21(13-18)33-16-32-20)30-12-10-25(15-30)24(27-14-17-5-2-1-3-6-17)28-22-19(29-25)7-4-11-26-22/h1-9,11,13,29H,10,12,14-16H2,(H,26,27,28). The molecule has 2 N–H and O–H groups in total. The molecule has 2 aromatic carbocycles. The van der Waals surface area contributed by atoms with Crippen LogP contribution < -0.4 is 20.1 Å². The lowest BCUT2D eigenvalue weighted by molar-refractivity contribution is 0.0789. The largest absolute Gasteiger partial charge is 0.454 e. The molecule has 8 heteroatoms. The van der Waals surface area contributed by atoms with Crippen LogP contribution in [0, 0.1) is 0 Å². The van der Waals surface area contributed by atoms with Gasteiger partial charge in [-0.2, -0.15) is 0 Å². The molecule has 1 fully saturated rings. The van der Waals surface area contributed by atoms with Crippen molar-refractivity contribution in [3.63, 3.8) is 0 Å². The number of hydrogen-bond donors (Lipinski definition) is 2. The minimum atomic E-state index is -0.503. The van der Waals surface area contributed by atoms with E-state index in [0.717, 1.165) is 29.3 Å². The van der Waals surface area contributed by atoms with Gasteiger partial charge >= 0.3 is 0 Å². The van der Waals surface area contributed by atoms with Gasteiger partial charge in [-0.1, -0.05) is 30.3 Å². The van der Waals surface area contributed by atoms with Gasteiger partial charge in [-0.15, -0.1) is 0 Å². The molecule has 3 aromatic rings. The molecule has 1 saturated heterocycles. The van der Waals surface area contributed by atoms with Crippen molar-refractivity contribution in [1.29, 1.82) is 0 Å². The number of pyridine rings is 1. The van der Waals surface area contributed by atoms with Gasteiger partial charge in [0.1, 0.15) is 11.4 Å². The number of anilines is 2. The lowest BCUT2D eigenvalue weighted by atomic mass is 9.93. The molecule has 0 saturated carbocycles. The van der Waals surface area contributed by atoms with Crippen LogP contribution >= 0.6 is 0 Å². The molecule has 3 aliphatic rings. The van der Waals surface area contributed by atoms with Crippen LogP contribution in [0.25, 0.3) is 0 Å². The van der Waals surface area contributed by atoms with Gasteiger partial charge in [0.15, 0.2) is 17.3 Å². The minimum absolute atomic E-state index is 0.0358. The number of nitrogens with zero attached hydrogens (tertiary/aromatic N) is 3. The summed E-state index contributed by atoms with van der Waals surface area (Å²) < 4.78 is 10.8. The number of likely N-dealkylation sites (tertiary alicyclic amines) is 1. The number of amides is 1. The van der Waals surface area contributed by atoms with Crippen molar-refractivity contribution >= 4 is 23.2 Å². The minimum Gasteiger partial charge on any atom is -0.454 e. The number of fused-ring (bicyclic) bond motifs is 2. The number of amidine groups is 1. The summed E-state index contributed by atoms with van der Waals surface area (Å²) in [5.41, 5.74) is 2.12. The number of hydrogen-bond acceptors (Lipinski definition) is 6. The summed E-state index contributed by atoms with van der Waals surface area (Å²) in [5, 5.41) is 7.08. The SMILES string of the molecule is O=C(c1ccc2c(c1)OCO2)N1CCC2(C1)Nc1cccnc1NC2=NCc1ccccc1. The molecular weight excluding hydrogens is 418 g/mol. The van der Waals surface area contributed by atoms with Crippen LogP contribution in [0.4, 0.5) is 11.5 Å². The van der Waals surface area contributed by atoms with E-state index in [1.54, 1.807) is 24.4 Å². The smallest absolute Gasteiger partial charge is 0.254 e. The molecule has 1 spiro atoms. The summed E-state index contributed by atoms with van der Waals surface area (Å²) in [6.45, 7) is 1.84. The second-order valence-corrected chi connectivity index (χ2v) is 8.43. The molecule has 0 radical (unpaired) electrons. The topological polar surface area (TPSA) is 88.1 Å². The van der Waals surface area contributed by atoms with Crippen LogP contribution in [0.5, 0.6) is 11.5 Å². The fourth-order valence-electron chi connectivity index (χ4n) is 4.59. The molecule has 3 aliphatic heterocycles. The number of carbonyl (C=O) groups excluding carboxylic acids is 1. The highest BCUT2D eigenvalue weighted by Gasteiger charge is 2.47. The van der Waals surface area contributed by atoms with Gasteiger partial charge in [-0.25, -0.2) is 4.98 Å². The first-order valence-electron chi connectivity index (χ1n) is 11.0. The van der Waals surface area contributed by atoms with E-state index in [1.165, 1.54) is 0 Å². The Bertz CT molecular complexity index is 1250. The zero-order chi connectivity index (χ0) is 22.3. The lowest BCUT2D eigenvalue weighted by Crippen LogP contribution is -2.55. The van der Waals surface area contributed by atoms with Crippen molar-refractivity contribution in [3.05, 3.63) is 78.0 Å². The molecular formula is C25H23N5O3. The Kier molecular flexibility index (Phi) is 4.64. The molecule has 1 unspecified atom stereocenters. The van der Waals surface area contributed by atoms with Crippen molar-refractivity contribution in [1.82, 2.24) is 9.88 Å². The Morgan fingerprint density at radius 2 is 1.97 bits per heavy atom. The van der Waals surface area contributed by atoms with E-state index in [-0.39, 0.29) is 12.7 Å². The molecule has 0 bridgehead atoms. The highest BCUT2D eigenvalue weighted by atomic mass is 16.7. The fraction of sp³-hybridized carbons (Fsp3) is 0.240. The van der Waals surface area contributed by atoms with E-state index in [2.05, 4.69) is 27.8 Å². The Morgan fingerprint density at radius 1 is 1.09 bits per heavy atom. The Labute approximate surface area is 191 Å². The normalized spacial score (nSPS) is 21.6. The molecule has 0 aliphatic carbocycles. The van der Waals surface area contributed by atoms with E-state index in [1.807, 2.05) is 35.2 Å². The zero-order valence-electron chi connectivity index (χ0n) is 18.0. The average molecular weight is 441 g/mol. The quantitative estimate of drug-likeness (QED) is 0.647. The summed E-state index contributed by atoms with van der Waals surface area (Å²) in [6.07, 6.45) is 2.49. The molecule has 33 heavy (non-hydrogen) atoms. The van der Waals surface area contributed by atoms with Gasteiger partial charge in [-0.3, -0.25) is 9.79 Å². The molecule has 1 amide bonds. The third kappa shape index (κ3) is 3.53. The third-order valence-electron chi connectivity index (χ3n) is 6.31. The maximum Gasteiger partial charge on any atom is 0.254 e. The molecule has 1 aromatic heterocycles. The van der Waals surface area contributed by atoms with Gasteiger partial charge in [0.2, 0.25) is 6.79 Å². The number of ether oxygens (including phenoxy) is 2. The molecule has 8 nitrogen and oxygen atoms in total. The van der Waals surface area contributed by atoms with Crippen LogP contribution in [0.15, 0.2) is 71.9 Å². The van der Waals surface area contributed by atoms with Crippen molar-refractivity contribution in [2.45, 2.75) is 18.5 Å². The van der Waals surface area contributed by atoms with Gasteiger partial charge < -0.3 is 25.0 Å². The number of benzene rings is 2. The third-order valence-corrected chi connectivity index (χ3v) is 6.31. The monoisotopic (exact) mass is 441 g/mol. The highest BCUT2D eigenvalue weighted by molar-refractivity contribution is 6.09. The first kappa shape index (κ1) is 19.6. The van der Waals surface area contributed by atoms with Crippen LogP contribution in [0.1, 0.15) is 22.3 Å². The molecule has 4 heterocycles. The maximum atomic E-state index is 13.3. The molecule has 1 atom stereocenters. The number of carbonyl (C=O) groups is 1. The molecule has 166 valence electrons. The first-order chi connectivity index (χ1) is 16.2. The average Bonchev–Trinajstić information content (AvgIpc) is 3.50. The molecule has 6 rings (SSSR count). The van der Waals surface area contributed by atoms with Gasteiger partial charge in [0, 0.05) is 18.3 Å². The summed E-state index contributed by atoms with van der Waals surface area (Å²) in [6, 6.07) is 19.4. The predicted molar refractivity (Wildman–Crippen MR) is 125 cm³/mol. The van der Waals surface area contributed by atoms with E-state index in [9.17, 15) is 4.79 Å². The predicted octanol–water partition coefficient (Wildman–Crippen LogP) is 3.53. The van der Waals surface area contributed by atoms with Crippen molar-refractivity contribution in [3.8, 4) is 11.5 Å². The van der Waals surface area contributed by atoms with Crippen molar-refractivity contribution in [2.75, 3.05) is 30.5 Å². The number of rotatable bonds is 3. The number of nitrogens with one attached hydrogen (secondary N) is 2. The Balaban J connectivity index is 1.29. The summed E-state index contributed by atoms with van der Waals surface area (Å²) in [5.74, 6) is 2.79. The first-order valence-corrected chi connectivity index (χ1v) is 11.0. The fourth-order valence-corrected chi connectivity index (χ4v) is 4.59. The zero-order valence-corrected chi connectivity index (χ0v) is 18.0. The second-order valence-electron chi connectivity index (χ2n) is 8.43. The summed E-state index contributed by atoms with van der Waals surface area (Å²) in [4.78, 5) is 24.6. The summed E-state index contributed by atoms with van der Waals surface area (Å²) >= 11 is 0. The highest BCUT2D eigenvalue weighted by Crippen LogP contribution is 2.37. The van der Waals surface area contributed by atoms with Crippen LogP contribution in [0.2, 0.25) is 0 Å². The maximum absolute atomic E-state index is 13.3. The van der Waals surface area contributed by atoms with Gasteiger partial charge in [0.05, 0.1) is 18.8 Å². The lowest BCUT2D eigenvalue weighted by Gasteiger charge is -2.38. The number of aromatic nitrogens is 1. The Morgan fingerprint density at radius 3 is 2.88 bits per heavy atom. The second kappa shape index (κ2) is 7.81.